The molecule has 1 unspecified atom stereocenters. The van der Waals surface area contributed by atoms with Gasteiger partial charge in [0.15, 0.2) is 0 Å². The van der Waals surface area contributed by atoms with E-state index in [9.17, 15) is 9.59 Å². The van der Waals surface area contributed by atoms with Gasteiger partial charge in [0, 0.05) is 22.4 Å². The van der Waals surface area contributed by atoms with Crippen LogP contribution in [0, 0.1) is 11.8 Å². The monoisotopic (exact) mass is 380 g/mol. The van der Waals surface area contributed by atoms with Crippen LogP contribution in [0.4, 0.5) is 5.69 Å². The fraction of sp³-hybridized carbons (Fsp3) is 0.556. The number of benzene rings is 1. The Morgan fingerprint density at radius 1 is 1.13 bits per heavy atom. The Morgan fingerprint density at radius 3 is 2.26 bits per heavy atom. The summed E-state index contributed by atoms with van der Waals surface area (Å²) in [6.45, 7) is 4.09. The Morgan fingerprint density at radius 2 is 1.70 bits per heavy atom. The van der Waals surface area contributed by atoms with Gasteiger partial charge in [0.05, 0.1) is 5.69 Å². The van der Waals surface area contributed by atoms with Crippen molar-refractivity contribution in [2.45, 2.75) is 52.0 Å². The number of amides is 2. The minimum Gasteiger partial charge on any atom is -0.353 e. The smallest absolute Gasteiger partial charge is 0.227 e. The first-order chi connectivity index (χ1) is 11.0. The fourth-order valence-corrected chi connectivity index (χ4v) is 3.26. The first kappa shape index (κ1) is 18.0. The lowest BCUT2D eigenvalue weighted by molar-refractivity contribution is -0.129. The average molecular weight is 381 g/mol. The highest BCUT2D eigenvalue weighted by Gasteiger charge is 2.30. The molecule has 0 aromatic heterocycles. The van der Waals surface area contributed by atoms with Crippen LogP contribution >= 0.6 is 15.9 Å². The zero-order chi connectivity index (χ0) is 16.8. The highest BCUT2D eigenvalue weighted by molar-refractivity contribution is 9.10. The van der Waals surface area contributed by atoms with Gasteiger partial charge in [-0.15, -0.1) is 0 Å². The molecule has 5 heteroatoms. The second-order valence-corrected chi connectivity index (χ2v) is 7.19. The molecule has 1 saturated carbocycles. The molecule has 0 radical (unpaired) electrons. The Labute approximate surface area is 146 Å². The summed E-state index contributed by atoms with van der Waals surface area (Å²) in [5.74, 6) is 0.243. The number of carbonyl (C=O) groups is 2. The van der Waals surface area contributed by atoms with E-state index in [0.29, 0.717) is 0 Å². The maximum Gasteiger partial charge on any atom is 0.227 e. The van der Waals surface area contributed by atoms with Crippen molar-refractivity contribution in [2.24, 2.45) is 11.8 Å². The Bertz CT molecular complexity index is 554. The van der Waals surface area contributed by atoms with Crippen LogP contribution in [0.25, 0.3) is 0 Å². The maximum atomic E-state index is 12.4. The summed E-state index contributed by atoms with van der Waals surface area (Å²) >= 11 is 3.44. The summed E-state index contributed by atoms with van der Waals surface area (Å²) in [6.07, 6.45) is 4.06. The number of hydrogen-bond acceptors (Lipinski definition) is 2. The lowest BCUT2D eigenvalue weighted by Gasteiger charge is -2.28. The number of hydrogen-bond donors (Lipinski definition) is 2. The van der Waals surface area contributed by atoms with Crippen LogP contribution in [-0.2, 0) is 9.59 Å². The van der Waals surface area contributed by atoms with Crippen LogP contribution in [-0.4, -0.2) is 17.9 Å². The summed E-state index contributed by atoms with van der Waals surface area (Å²) in [6, 6.07) is 7.83. The molecule has 0 saturated heterocycles. The van der Waals surface area contributed by atoms with Gasteiger partial charge >= 0.3 is 0 Å². The topological polar surface area (TPSA) is 58.2 Å². The van der Waals surface area contributed by atoms with Crippen LogP contribution in [0.1, 0.15) is 46.0 Å². The van der Waals surface area contributed by atoms with E-state index < -0.39 is 0 Å². The van der Waals surface area contributed by atoms with E-state index in [0.717, 1.165) is 42.3 Å². The molecule has 1 aromatic rings. The van der Waals surface area contributed by atoms with Crippen LogP contribution in [0.15, 0.2) is 28.7 Å². The quantitative estimate of drug-likeness (QED) is 0.807. The normalized spacial score (nSPS) is 22.2. The highest BCUT2D eigenvalue weighted by Crippen LogP contribution is 2.31. The van der Waals surface area contributed by atoms with E-state index in [1.54, 1.807) is 0 Å². The second-order valence-electron chi connectivity index (χ2n) is 6.34. The summed E-state index contributed by atoms with van der Waals surface area (Å²) in [4.78, 5) is 24.5. The first-order valence-electron chi connectivity index (χ1n) is 8.37. The van der Waals surface area contributed by atoms with E-state index in [2.05, 4.69) is 33.5 Å². The lowest BCUT2D eigenvalue weighted by Crippen LogP contribution is -2.39. The van der Waals surface area contributed by atoms with Gasteiger partial charge in [-0.05, 0) is 67.1 Å². The molecule has 126 valence electrons. The van der Waals surface area contributed by atoms with Gasteiger partial charge in [-0.3, -0.25) is 9.59 Å². The van der Waals surface area contributed by atoms with E-state index in [-0.39, 0.29) is 29.7 Å². The van der Waals surface area contributed by atoms with Gasteiger partial charge in [0.25, 0.3) is 0 Å². The molecule has 2 amide bonds. The third-order valence-corrected chi connectivity index (χ3v) is 5.29. The van der Waals surface area contributed by atoms with Gasteiger partial charge in [-0.25, -0.2) is 0 Å². The number of nitrogens with one attached hydrogen (secondary N) is 2. The number of para-hydroxylation sites is 1. The van der Waals surface area contributed by atoms with Gasteiger partial charge in [-0.2, -0.15) is 0 Å². The van der Waals surface area contributed by atoms with Crippen LogP contribution in [0.5, 0.6) is 0 Å². The average Bonchev–Trinajstić information content (AvgIpc) is 2.56. The van der Waals surface area contributed by atoms with Crippen molar-refractivity contribution in [1.82, 2.24) is 5.32 Å². The molecule has 23 heavy (non-hydrogen) atoms. The summed E-state index contributed by atoms with van der Waals surface area (Å²) < 4.78 is 0.884. The molecule has 0 spiro atoms. The van der Waals surface area contributed by atoms with Crippen LogP contribution in [0.2, 0.25) is 0 Å². The third kappa shape index (κ3) is 5.06. The van der Waals surface area contributed by atoms with E-state index in [1.807, 2.05) is 31.2 Å². The minimum atomic E-state index is -0.00486. The van der Waals surface area contributed by atoms with Crippen molar-refractivity contribution in [3.05, 3.63) is 28.7 Å². The lowest BCUT2D eigenvalue weighted by atomic mass is 9.81. The molecular formula is C18H25BrN2O2. The first-order valence-corrected chi connectivity index (χ1v) is 9.16. The minimum absolute atomic E-state index is 0.00486. The van der Waals surface area contributed by atoms with E-state index >= 15 is 0 Å². The molecule has 4 nitrogen and oxygen atoms in total. The summed E-state index contributed by atoms with van der Waals surface area (Å²) in [5, 5.41) is 6.02. The predicted molar refractivity (Wildman–Crippen MR) is 96.1 cm³/mol. The van der Waals surface area contributed by atoms with Crippen molar-refractivity contribution >= 4 is 33.4 Å². The molecule has 1 atom stereocenters. The molecule has 1 aliphatic rings. The fourth-order valence-electron chi connectivity index (χ4n) is 2.88. The van der Waals surface area contributed by atoms with Crippen molar-refractivity contribution in [3.63, 3.8) is 0 Å². The highest BCUT2D eigenvalue weighted by atomic mass is 79.9. The second kappa shape index (κ2) is 8.48. The molecule has 1 fully saturated rings. The summed E-state index contributed by atoms with van der Waals surface area (Å²) in [5.41, 5.74) is 0.800. The van der Waals surface area contributed by atoms with Crippen LogP contribution in [0.3, 0.4) is 0 Å². The summed E-state index contributed by atoms with van der Waals surface area (Å²) in [7, 11) is 0. The molecule has 1 aliphatic carbocycles. The molecule has 0 heterocycles. The molecule has 0 bridgehead atoms. The van der Waals surface area contributed by atoms with Gasteiger partial charge in [0.2, 0.25) is 11.8 Å². The van der Waals surface area contributed by atoms with Gasteiger partial charge in [-0.1, -0.05) is 19.1 Å². The number of anilines is 1. The van der Waals surface area contributed by atoms with E-state index in [1.165, 1.54) is 0 Å². The van der Waals surface area contributed by atoms with Crippen molar-refractivity contribution < 1.29 is 9.59 Å². The maximum absolute atomic E-state index is 12.4. The zero-order valence-corrected chi connectivity index (χ0v) is 15.4. The van der Waals surface area contributed by atoms with E-state index in [4.69, 9.17) is 0 Å². The van der Waals surface area contributed by atoms with Crippen molar-refractivity contribution in [2.75, 3.05) is 5.32 Å². The number of halogens is 1. The Hall–Kier alpha value is -1.36. The number of carbonyl (C=O) groups excluding carboxylic acids is 2. The third-order valence-electron chi connectivity index (χ3n) is 4.60. The molecule has 1 aromatic carbocycles. The van der Waals surface area contributed by atoms with Crippen molar-refractivity contribution in [3.8, 4) is 0 Å². The van der Waals surface area contributed by atoms with Crippen molar-refractivity contribution in [1.29, 1.82) is 0 Å². The van der Waals surface area contributed by atoms with Gasteiger partial charge in [0.1, 0.15) is 0 Å². The molecular weight excluding hydrogens is 356 g/mol. The predicted octanol–water partition coefficient (Wildman–Crippen LogP) is 4.11. The van der Waals surface area contributed by atoms with Gasteiger partial charge < -0.3 is 10.6 Å². The molecule has 0 aliphatic heterocycles. The Balaban J connectivity index is 1.83. The zero-order valence-electron chi connectivity index (χ0n) is 13.8. The SMILES string of the molecule is CCC(C)NC(=O)C1CCC(C(=O)Nc2ccccc2Br)CC1. The molecule has 2 N–H and O–H groups in total. The molecule has 2 rings (SSSR count). The Kier molecular flexibility index (Phi) is 6.63. The van der Waals surface area contributed by atoms with Crippen LogP contribution < -0.4 is 10.6 Å². The largest absolute Gasteiger partial charge is 0.353 e. The standard InChI is InChI=1S/C18H25BrN2O2/c1-3-12(2)20-17(22)13-8-10-14(11-9-13)18(23)21-16-7-5-4-6-15(16)19/h4-7,12-14H,3,8-11H2,1-2H3,(H,20,22)(H,21,23). The number of rotatable bonds is 5.